The second-order valence-electron chi connectivity index (χ2n) is 9.13. The third-order valence-electron chi connectivity index (χ3n) is 4.57. The average Bonchev–Trinajstić information content (AvgIpc) is 2.52. The number of nitrogens with one attached hydrogen (secondary N) is 1. The summed E-state index contributed by atoms with van der Waals surface area (Å²) in [6.45, 7) is 13.8. The van der Waals surface area contributed by atoms with Crippen molar-refractivity contribution in [2.24, 2.45) is 5.92 Å². The molecule has 6 nitrogen and oxygen atoms in total. The molecule has 0 aliphatic heterocycles. The molecule has 1 aromatic carbocycles. The van der Waals surface area contributed by atoms with E-state index in [9.17, 15) is 14.7 Å². The first-order chi connectivity index (χ1) is 12.7. The lowest BCUT2D eigenvalue weighted by molar-refractivity contribution is -0.141. The van der Waals surface area contributed by atoms with Crippen LogP contribution in [-0.2, 0) is 20.4 Å². The molecule has 2 atom stereocenters. The van der Waals surface area contributed by atoms with Crippen LogP contribution in [0, 0.1) is 5.92 Å². The van der Waals surface area contributed by atoms with Gasteiger partial charge in [-0.1, -0.05) is 48.5 Å². The van der Waals surface area contributed by atoms with Gasteiger partial charge in [-0.15, -0.1) is 0 Å². The van der Waals surface area contributed by atoms with E-state index >= 15 is 0 Å². The quantitative estimate of drug-likeness (QED) is 0.391. The maximum Gasteiger partial charge on any atom is 0.322 e. The van der Waals surface area contributed by atoms with Gasteiger partial charge in [0.25, 0.3) is 0 Å². The molecule has 158 valence electrons. The van der Waals surface area contributed by atoms with E-state index in [1.807, 2.05) is 53.7 Å². The molecule has 1 rings (SSSR count). The number of benzene rings is 1. The van der Waals surface area contributed by atoms with Crippen LogP contribution in [0.2, 0.25) is 0 Å². The summed E-state index contributed by atoms with van der Waals surface area (Å²) in [6.07, 6.45) is -0.0874. The van der Waals surface area contributed by atoms with Gasteiger partial charge in [-0.2, -0.15) is 0 Å². The molecule has 28 heavy (non-hydrogen) atoms. The van der Waals surface area contributed by atoms with Crippen LogP contribution < -0.4 is 14.3 Å². The molecule has 0 aliphatic carbocycles. The molecule has 0 aliphatic rings. The predicted octanol–water partition coefficient (Wildman–Crippen LogP) is 4.42. The molecule has 0 spiro atoms. The van der Waals surface area contributed by atoms with E-state index in [4.69, 9.17) is 21.3 Å². The normalized spacial score (nSPS) is 14.3. The summed E-state index contributed by atoms with van der Waals surface area (Å²) < 4.78 is 11.3. The Morgan fingerprint density at radius 1 is 1.11 bits per heavy atom. The van der Waals surface area contributed by atoms with Crippen molar-refractivity contribution in [2.45, 2.75) is 71.8 Å². The van der Waals surface area contributed by atoms with Gasteiger partial charge in [0, 0.05) is 11.1 Å². The zero-order valence-electron chi connectivity index (χ0n) is 18.0. The van der Waals surface area contributed by atoms with E-state index in [-0.39, 0.29) is 17.3 Å². The van der Waals surface area contributed by atoms with Crippen molar-refractivity contribution < 1.29 is 24.2 Å². The second-order valence-corrected chi connectivity index (χ2v) is 9.35. The fourth-order valence-corrected chi connectivity index (χ4v) is 3.19. The van der Waals surface area contributed by atoms with Gasteiger partial charge < -0.3 is 14.6 Å². The highest BCUT2D eigenvalue weighted by Gasteiger charge is 2.31. The molecule has 0 heterocycles. The molecule has 0 amide bonds. The number of carboxylic acid groups (broad SMARTS) is 1. The maximum atomic E-state index is 12.7. The third-order valence-corrected chi connectivity index (χ3v) is 4.81. The minimum absolute atomic E-state index is 0.0874. The number of methoxy groups -OCH3 is 1. The summed E-state index contributed by atoms with van der Waals surface area (Å²) >= 11 is 5.51. The first-order valence-corrected chi connectivity index (χ1v) is 9.62. The average molecular weight is 414 g/mol. The lowest BCUT2D eigenvalue weighted by Crippen LogP contribution is -2.38. The summed E-state index contributed by atoms with van der Waals surface area (Å²) in [4.78, 5) is 26.1. The number of carboxylic acids is 1. The third kappa shape index (κ3) is 6.11. The zero-order valence-corrected chi connectivity index (χ0v) is 18.7. The van der Waals surface area contributed by atoms with E-state index in [1.54, 1.807) is 14.0 Å². The summed E-state index contributed by atoms with van der Waals surface area (Å²) in [7, 11) is 1.60. The Morgan fingerprint density at radius 2 is 1.57 bits per heavy atom. The van der Waals surface area contributed by atoms with Gasteiger partial charge in [0.2, 0.25) is 0 Å². The number of aliphatic carboxylic acids is 1. The molecule has 1 aromatic rings. The Bertz CT molecular complexity index is 683. The van der Waals surface area contributed by atoms with Crippen molar-refractivity contribution in [3.05, 3.63) is 23.3 Å². The van der Waals surface area contributed by atoms with Crippen LogP contribution in [0.4, 0.5) is 0 Å². The largest absolute Gasteiger partial charge is 0.497 e. The summed E-state index contributed by atoms with van der Waals surface area (Å²) in [5.41, 5.74) is 1.11. The number of hydrogen-bond donors (Lipinski definition) is 2. The first kappa shape index (κ1) is 24.2. The van der Waals surface area contributed by atoms with Crippen LogP contribution in [0.15, 0.2) is 12.1 Å². The highest BCUT2D eigenvalue weighted by atomic mass is 35.5. The monoisotopic (exact) mass is 413 g/mol. The van der Waals surface area contributed by atoms with Gasteiger partial charge in [0.05, 0.1) is 13.5 Å². The molecule has 0 aromatic heterocycles. The van der Waals surface area contributed by atoms with Gasteiger partial charge in [0.15, 0.2) is 0 Å². The smallest absolute Gasteiger partial charge is 0.322 e. The highest BCUT2D eigenvalue weighted by Crippen LogP contribution is 2.42. The SMILES string of the molecule is COc1cc(C(C)(C)C)c(OC(=O)C[C@H](C)[C@H](NCl)C(=O)O)c(C(C)(C)C)c1. The van der Waals surface area contributed by atoms with E-state index in [1.165, 1.54) is 0 Å². The lowest BCUT2D eigenvalue weighted by Gasteiger charge is -2.30. The van der Waals surface area contributed by atoms with E-state index < -0.39 is 23.9 Å². The summed E-state index contributed by atoms with van der Waals surface area (Å²) in [6, 6.07) is 2.71. The molecule has 2 N–H and O–H groups in total. The van der Waals surface area contributed by atoms with Crippen LogP contribution >= 0.6 is 11.8 Å². The van der Waals surface area contributed by atoms with Crippen molar-refractivity contribution >= 4 is 23.7 Å². The minimum atomic E-state index is -1.12. The molecule has 0 radical (unpaired) electrons. The number of hydrogen-bond acceptors (Lipinski definition) is 5. The van der Waals surface area contributed by atoms with Crippen molar-refractivity contribution in [3.63, 3.8) is 0 Å². The van der Waals surface area contributed by atoms with E-state index in [2.05, 4.69) is 4.84 Å². The molecule has 0 bridgehead atoms. The predicted molar refractivity (Wildman–Crippen MR) is 110 cm³/mol. The van der Waals surface area contributed by atoms with Crippen molar-refractivity contribution in [1.29, 1.82) is 0 Å². The standard InChI is InChI=1S/C21H32ClNO5/c1-12(17(23-22)19(25)26)9-16(24)28-18-14(20(2,3)4)10-13(27-8)11-15(18)21(5,6)7/h10-12,17,23H,9H2,1-8H3,(H,25,26)/t12-,17-/m0/s1. The van der Waals surface area contributed by atoms with Crippen LogP contribution in [0.1, 0.15) is 66.0 Å². The fourth-order valence-electron chi connectivity index (χ4n) is 2.88. The molecule has 7 heteroatoms. The van der Waals surface area contributed by atoms with Crippen LogP contribution in [0.3, 0.4) is 0 Å². The molecular formula is C21H32ClNO5. The Labute approximate surface area is 172 Å². The number of halogens is 1. The van der Waals surface area contributed by atoms with Gasteiger partial charge in [-0.25, -0.2) is 4.84 Å². The highest BCUT2D eigenvalue weighted by molar-refractivity contribution is 6.14. The van der Waals surface area contributed by atoms with Crippen molar-refractivity contribution in [3.8, 4) is 11.5 Å². The lowest BCUT2D eigenvalue weighted by atomic mass is 9.79. The summed E-state index contributed by atoms with van der Waals surface area (Å²) in [5, 5.41) is 9.19. The van der Waals surface area contributed by atoms with E-state index in [0.29, 0.717) is 11.5 Å². The van der Waals surface area contributed by atoms with Gasteiger partial charge in [0.1, 0.15) is 17.5 Å². The van der Waals surface area contributed by atoms with Crippen molar-refractivity contribution in [1.82, 2.24) is 4.84 Å². The Kier molecular flexibility index (Phi) is 7.91. The number of carbonyl (C=O) groups excluding carboxylic acids is 1. The molecule has 0 saturated heterocycles. The maximum absolute atomic E-state index is 12.7. The van der Waals surface area contributed by atoms with Crippen LogP contribution in [-0.4, -0.2) is 30.2 Å². The van der Waals surface area contributed by atoms with Gasteiger partial charge in [-0.3, -0.25) is 9.59 Å². The molecule has 0 unspecified atom stereocenters. The van der Waals surface area contributed by atoms with Crippen molar-refractivity contribution in [2.75, 3.05) is 7.11 Å². The van der Waals surface area contributed by atoms with E-state index in [0.717, 1.165) is 11.1 Å². The summed E-state index contributed by atoms with van der Waals surface area (Å²) in [5.74, 6) is -0.974. The number of carbonyl (C=O) groups is 2. The Hall–Kier alpha value is -1.79. The fraction of sp³-hybridized carbons (Fsp3) is 0.619. The molecular weight excluding hydrogens is 382 g/mol. The first-order valence-electron chi connectivity index (χ1n) is 9.25. The van der Waals surface area contributed by atoms with Crippen LogP contribution in [0.5, 0.6) is 11.5 Å². The zero-order chi connectivity index (χ0) is 21.9. The minimum Gasteiger partial charge on any atom is -0.497 e. The number of rotatable bonds is 7. The van der Waals surface area contributed by atoms with Crippen LogP contribution in [0.25, 0.3) is 0 Å². The van der Waals surface area contributed by atoms with Gasteiger partial charge in [-0.05, 0) is 40.7 Å². The van der Waals surface area contributed by atoms with Gasteiger partial charge >= 0.3 is 11.9 Å². The topological polar surface area (TPSA) is 84.9 Å². The Morgan fingerprint density at radius 3 is 1.89 bits per heavy atom. The molecule has 0 fully saturated rings. The second kappa shape index (κ2) is 9.14. The number of esters is 1. The number of ether oxygens (including phenoxy) is 2. The Balaban J connectivity index is 3.35. The molecule has 0 saturated carbocycles.